The number of hydrogen-bond acceptors (Lipinski definition) is 3. The molecule has 96 valence electrons. The number of nitrogens with one attached hydrogen (secondary N) is 1. The van der Waals surface area contributed by atoms with Crippen LogP contribution >= 0.6 is 0 Å². The van der Waals surface area contributed by atoms with Crippen LogP contribution in [0.4, 0.5) is 0 Å². The van der Waals surface area contributed by atoms with E-state index in [4.69, 9.17) is 4.74 Å². The average molecular weight is 258 g/mol. The van der Waals surface area contributed by atoms with Crippen molar-refractivity contribution in [2.24, 2.45) is 0 Å². The number of morpholine rings is 1. The molecular weight excluding hydrogens is 238 g/mol. The third-order valence-corrected chi connectivity index (χ3v) is 3.12. The van der Waals surface area contributed by atoms with E-state index in [0.717, 1.165) is 37.3 Å². The highest BCUT2D eigenvalue weighted by Gasteiger charge is 2.15. The third-order valence-electron chi connectivity index (χ3n) is 3.12. The van der Waals surface area contributed by atoms with Crippen molar-refractivity contribution in [3.8, 4) is 5.75 Å². The topological polar surface area (TPSA) is 41.5 Å². The van der Waals surface area contributed by atoms with Crippen molar-refractivity contribution in [2.75, 3.05) is 19.8 Å². The Balaban J connectivity index is 0.00000144. The Morgan fingerprint density at radius 3 is 2.82 bits per heavy atom. The number of ether oxygens (including phenoxy) is 1. The Morgan fingerprint density at radius 1 is 1.41 bits per heavy atom. The number of halogens is 1. The fourth-order valence-corrected chi connectivity index (χ4v) is 2.10. The van der Waals surface area contributed by atoms with Gasteiger partial charge in [0.2, 0.25) is 0 Å². The van der Waals surface area contributed by atoms with Gasteiger partial charge in [-0.15, -0.1) is 0 Å². The fourth-order valence-electron chi connectivity index (χ4n) is 2.10. The Morgan fingerprint density at radius 2 is 2.18 bits per heavy atom. The SMILES string of the molecule is Cc1cc(CC2COCCN2)c(C)cc1O.[Cl-].[H+]. The van der Waals surface area contributed by atoms with Gasteiger partial charge in [0.15, 0.2) is 0 Å². The van der Waals surface area contributed by atoms with Gasteiger partial charge in [0.1, 0.15) is 5.75 Å². The van der Waals surface area contributed by atoms with Gasteiger partial charge in [0, 0.05) is 12.6 Å². The van der Waals surface area contributed by atoms with Gasteiger partial charge >= 0.3 is 1.43 Å². The van der Waals surface area contributed by atoms with Crippen molar-refractivity contribution in [3.05, 3.63) is 28.8 Å². The highest BCUT2D eigenvalue weighted by molar-refractivity contribution is 5.40. The van der Waals surface area contributed by atoms with Crippen LogP contribution in [0.1, 0.15) is 18.1 Å². The minimum atomic E-state index is 0. The number of hydrogen-bond donors (Lipinski definition) is 2. The molecule has 17 heavy (non-hydrogen) atoms. The van der Waals surface area contributed by atoms with Crippen LogP contribution in [0.3, 0.4) is 0 Å². The summed E-state index contributed by atoms with van der Waals surface area (Å²) in [5, 5.41) is 13.0. The van der Waals surface area contributed by atoms with E-state index in [9.17, 15) is 5.11 Å². The van der Waals surface area contributed by atoms with Crippen molar-refractivity contribution in [1.29, 1.82) is 0 Å². The summed E-state index contributed by atoms with van der Waals surface area (Å²) in [5.74, 6) is 0.383. The smallest absolute Gasteiger partial charge is 1.00 e. The summed E-state index contributed by atoms with van der Waals surface area (Å²) in [6.07, 6.45) is 0.965. The number of aryl methyl sites for hydroxylation is 2. The molecule has 0 bridgehead atoms. The van der Waals surface area contributed by atoms with Crippen LogP contribution in [-0.4, -0.2) is 30.9 Å². The first kappa shape index (κ1) is 14.3. The van der Waals surface area contributed by atoms with Crippen molar-refractivity contribution in [3.63, 3.8) is 0 Å². The molecule has 1 aromatic carbocycles. The van der Waals surface area contributed by atoms with Crippen LogP contribution in [0.2, 0.25) is 0 Å². The summed E-state index contributed by atoms with van der Waals surface area (Å²) in [7, 11) is 0. The molecule has 3 nitrogen and oxygen atoms in total. The Hall–Kier alpha value is -0.770. The molecule has 4 heteroatoms. The monoisotopic (exact) mass is 257 g/mol. The van der Waals surface area contributed by atoms with Crippen molar-refractivity contribution < 1.29 is 23.7 Å². The first-order valence-corrected chi connectivity index (χ1v) is 5.77. The second-order valence-electron chi connectivity index (χ2n) is 4.50. The van der Waals surface area contributed by atoms with Gasteiger partial charge in [-0.05, 0) is 43.0 Å². The molecule has 1 aliphatic rings. The normalized spacial score (nSPS) is 19.8. The van der Waals surface area contributed by atoms with Crippen molar-refractivity contribution in [2.45, 2.75) is 26.3 Å². The molecule has 1 saturated heterocycles. The maximum atomic E-state index is 9.59. The van der Waals surface area contributed by atoms with Gasteiger partial charge in [-0.1, -0.05) is 6.07 Å². The van der Waals surface area contributed by atoms with Gasteiger partial charge in [-0.3, -0.25) is 0 Å². The zero-order valence-corrected chi connectivity index (χ0v) is 11.0. The molecule has 0 radical (unpaired) electrons. The van der Waals surface area contributed by atoms with Crippen molar-refractivity contribution in [1.82, 2.24) is 5.32 Å². The summed E-state index contributed by atoms with van der Waals surface area (Å²) in [6.45, 7) is 6.49. The molecule has 1 aliphatic heterocycles. The quantitative estimate of drug-likeness (QED) is 0.689. The van der Waals surface area contributed by atoms with Crippen molar-refractivity contribution >= 4 is 0 Å². The Kier molecular flexibility index (Phi) is 5.25. The molecule has 0 amide bonds. The van der Waals surface area contributed by atoms with Gasteiger partial charge < -0.3 is 27.6 Å². The molecule has 1 unspecified atom stereocenters. The van der Waals surface area contributed by atoms with E-state index in [1.807, 2.05) is 19.9 Å². The summed E-state index contributed by atoms with van der Waals surface area (Å²) in [6, 6.07) is 4.31. The summed E-state index contributed by atoms with van der Waals surface area (Å²) >= 11 is 0. The summed E-state index contributed by atoms with van der Waals surface area (Å²) in [4.78, 5) is 0. The number of benzene rings is 1. The standard InChI is InChI=1S/C13H19NO2.ClH/c1-9-6-13(15)10(2)5-11(9)7-12-8-16-4-3-14-12;/h5-6,12,14-15H,3-4,7-8H2,1-2H3;1H. The van der Waals surface area contributed by atoms with Gasteiger partial charge in [-0.2, -0.15) is 0 Å². The fraction of sp³-hybridized carbons (Fsp3) is 0.538. The summed E-state index contributed by atoms with van der Waals surface area (Å²) in [5.41, 5.74) is 3.38. The van der Waals surface area contributed by atoms with Crippen LogP contribution in [0, 0.1) is 13.8 Å². The zero-order chi connectivity index (χ0) is 11.5. The lowest BCUT2D eigenvalue weighted by Crippen LogP contribution is -3.00. The van der Waals surface area contributed by atoms with E-state index < -0.39 is 0 Å². The second-order valence-corrected chi connectivity index (χ2v) is 4.50. The Bertz CT molecular complexity index is 381. The molecule has 2 rings (SSSR count). The molecule has 0 saturated carbocycles. The first-order valence-electron chi connectivity index (χ1n) is 5.77. The lowest BCUT2D eigenvalue weighted by atomic mass is 9.98. The zero-order valence-electron chi connectivity index (χ0n) is 11.3. The predicted octanol–water partition coefficient (Wildman–Crippen LogP) is -1.34. The minimum absolute atomic E-state index is 0. The van der Waals surface area contributed by atoms with Crippen LogP contribution in [0.5, 0.6) is 5.75 Å². The number of rotatable bonds is 2. The van der Waals surface area contributed by atoms with Crippen LogP contribution in [0.25, 0.3) is 0 Å². The molecule has 1 fully saturated rings. The van der Waals surface area contributed by atoms with Crippen LogP contribution < -0.4 is 17.7 Å². The maximum absolute atomic E-state index is 9.59. The lowest BCUT2D eigenvalue weighted by molar-refractivity contribution is -0.00000496. The number of aromatic hydroxyl groups is 1. The van der Waals surface area contributed by atoms with Crippen LogP contribution in [0.15, 0.2) is 12.1 Å². The Labute approximate surface area is 110 Å². The predicted molar refractivity (Wildman–Crippen MR) is 65.0 cm³/mol. The number of phenolic OH excluding ortho intramolecular Hbond substituents is 1. The first-order chi connectivity index (χ1) is 7.66. The summed E-state index contributed by atoms with van der Waals surface area (Å²) < 4.78 is 5.44. The highest BCUT2D eigenvalue weighted by atomic mass is 35.5. The molecular formula is C13H20ClNO2. The molecule has 1 atom stereocenters. The average Bonchev–Trinajstić information content (AvgIpc) is 2.27. The van der Waals surface area contributed by atoms with Gasteiger partial charge in [0.25, 0.3) is 0 Å². The van der Waals surface area contributed by atoms with Crippen LogP contribution in [-0.2, 0) is 11.2 Å². The largest absolute Gasteiger partial charge is 1.00 e. The number of phenols is 1. The van der Waals surface area contributed by atoms with Gasteiger partial charge in [0.05, 0.1) is 13.2 Å². The second kappa shape index (κ2) is 6.24. The van der Waals surface area contributed by atoms with E-state index in [1.54, 1.807) is 0 Å². The minimum Gasteiger partial charge on any atom is -1.00 e. The molecule has 0 aliphatic carbocycles. The van der Waals surface area contributed by atoms with E-state index >= 15 is 0 Å². The third kappa shape index (κ3) is 3.60. The molecule has 0 spiro atoms. The molecule has 1 aromatic rings. The molecule has 2 N–H and O–H groups in total. The van der Waals surface area contributed by atoms with E-state index in [2.05, 4.69) is 11.4 Å². The highest BCUT2D eigenvalue weighted by Crippen LogP contribution is 2.22. The maximum Gasteiger partial charge on any atom is 1.00 e. The van der Waals surface area contributed by atoms with E-state index in [-0.39, 0.29) is 13.8 Å². The van der Waals surface area contributed by atoms with Gasteiger partial charge in [-0.25, -0.2) is 0 Å². The van der Waals surface area contributed by atoms with E-state index in [1.165, 1.54) is 5.56 Å². The van der Waals surface area contributed by atoms with E-state index in [0.29, 0.717) is 11.8 Å². The molecule has 1 heterocycles. The molecule has 0 aromatic heterocycles. The lowest BCUT2D eigenvalue weighted by Gasteiger charge is -2.24.